The van der Waals surface area contributed by atoms with Crippen LogP contribution in [0.25, 0.3) is 0 Å². The van der Waals surface area contributed by atoms with Crippen molar-refractivity contribution in [1.82, 2.24) is 9.80 Å². The first-order valence-electron chi connectivity index (χ1n) is 9.05. The highest BCUT2D eigenvalue weighted by Gasteiger charge is 2.30. The van der Waals surface area contributed by atoms with Crippen molar-refractivity contribution in [2.45, 2.75) is 58.7 Å². The fourth-order valence-corrected chi connectivity index (χ4v) is 3.72. The number of hydrogen-bond donors (Lipinski definition) is 1. The van der Waals surface area contributed by atoms with E-state index in [0.29, 0.717) is 18.1 Å². The van der Waals surface area contributed by atoms with Gasteiger partial charge in [-0.1, -0.05) is 20.8 Å². The first-order valence-corrected chi connectivity index (χ1v) is 9.05. The highest BCUT2D eigenvalue weighted by atomic mass is 35.5. The van der Waals surface area contributed by atoms with Gasteiger partial charge >= 0.3 is 0 Å². The summed E-state index contributed by atoms with van der Waals surface area (Å²) in [5, 5.41) is 10.2. The van der Waals surface area contributed by atoms with Crippen LogP contribution in [0.4, 0.5) is 0 Å². The smallest absolute Gasteiger partial charge is 0.0900 e. The number of likely N-dealkylation sites (N-methyl/N-ethyl adjacent to an activating group) is 1. The molecular formula is C18H36Cl2N2O2-2. The number of aliphatic hydroxyl groups is 1. The molecule has 1 saturated heterocycles. The van der Waals surface area contributed by atoms with Gasteiger partial charge < -0.3 is 39.6 Å². The Bertz CT molecular complexity index is 323. The van der Waals surface area contributed by atoms with Gasteiger partial charge in [0, 0.05) is 32.7 Å². The first kappa shape index (κ1) is 24.4. The normalized spacial score (nSPS) is 27.9. The van der Waals surface area contributed by atoms with Crippen LogP contribution in [-0.4, -0.2) is 73.5 Å². The van der Waals surface area contributed by atoms with Gasteiger partial charge in [0.25, 0.3) is 0 Å². The minimum Gasteiger partial charge on any atom is -1.00 e. The summed E-state index contributed by atoms with van der Waals surface area (Å²) < 4.78 is 5.98. The van der Waals surface area contributed by atoms with Gasteiger partial charge in [-0.25, -0.2) is 0 Å². The molecule has 1 N–H and O–H groups in total. The van der Waals surface area contributed by atoms with Crippen molar-refractivity contribution in [2.24, 2.45) is 11.3 Å². The summed E-state index contributed by atoms with van der Waals surface area (Å²) in [4.78, 5) is 4.69. The lowest BCUT2D eigenvalue weighted by molar-refractivity contribution is -0.0467. The number of piperazine rings is 1. The Morgan fingerprint density at radius 3 is 2.04 bits per heavy atom. The number of hydrogen-bond acceptors (Lipinski definition) is 4. The average molecular weight is 383 g/mol. The van der Waals surface area contributed by atoms with Crippen LogP contribution in [0.3, 0.4) is 0 Å². The van der Waals surface area contributed by atoms with Crippen LogP contribution in [-0.2, 0) is 4.74 Å². The second-order valence-electron chi connectivity index (χ2n) is 8.43. The molecule has 0 aromatic rings. The molecule has 4 nitrogen and oxygen atoms in total. The molecule has 2 rings (SSSR count). The van der Waals surface area contributed by atoms with Crippen molar-refractivity contribution in [3.05, 3.63) is 0 Å². The molecule has 2 aliphatic rings. The van der Waals surface area contributed by atoms with E-state index in [1.54, 1.807) is 0 Å². The van der Waals surface area contributed by atoms with Gasteiger partial charge in [0.2, 0.25) is 0 Å². The van der Waals surface area contributed by atoms with Crippen LogP contribution in [0.2, 0.25) is 0 Å². The van der Waals surface area contributed by atoms with E-state index in [1.807, 2.05) is 0 Å². The summed E-state index contributed by atoms with van der Waals surface area (Å²) in [7, 11) is 2.16. The predicted octanol–water partition coefficient (Wildman–Crippen LogP) is -3.78. The molecule has 0 radical (unpaired) electrons. The third-order valence-corrected chi connectivity index (χ3v) is 5.49. The zero-order chi connectivity index (χ0) is 16.2. The maximum Gasteiger partial charge on any atom is 0.0900 e. The van der Waals surface area contributed by atoms with Gasteiger partial charge in [0.05, 0.1) is 18.8 Å². The second kappa shape index (κ2) is 11.2. The van der Waals surface area contributed by atoms with E-state index in [2.05, 4.69) is 37.6 Å². The molecular weight excluding hydrogens is 347 g/mol. The minimum atomic E-state index is -0.344. The Hall–Kier alpha value is 0.420. The van der Waals surface area contributed by atoms with Crippen molar-refractivity contribution in [3.8, 4) is 0 Å². The lowest BCUT2D eigenvalue weighted by Gasteiger charge is -2.37. The Morgan fingerprint density at radius 1 is 1.00 bits per heavy atom. The van der Waals surface area contributed by atoms with Gasteiger partial charge in [0.15, 0.2) is 0 Å². The van der Waals surface area contributed by atoms with Crippen LogP contribution >= 0.6 is 0 Å². The van der Waals surface area contributed by atoms with E-state index in [9.17, 15) is 5.11 Å². The molecule has 1 atom stereocenters. The van der Waals surface area contributed by atoms with Gasteiger partial charge in [0.1, 0.15) is 0 Å². The van der Waals surface area contributed by atoms with Crippen molar-refractivity contribution < 1.29 is 34.7 Å². The average Bonchev–Trinajstić information content (AvgIpc) is 2.47. The quantitative estimate of drug-likeness (QED) is 0.529. The SMILES string of the molecule is CN1CCN(CC(O)COC2CCC(C(C)(C)C)CC2)CC1.[Cl-].[Cl-]. The summed E-state index contributed by atoms with van der Waals surface area (Å²) in [5.74, 6) is 0.822. The summed E-state index contributed by atoms with van der Waals surface area (Å²) in [6, 6.07) is 0. The summed E-state index contributed by atoms with van der Waals surface area (Å²) in [5.41, 5.74) is 0.423. The molecule has 0 aromatic carbocycles. The lowest BCUT2D eigenvalue weighted by atomic mass is 9.72. The monoisotopic (exact) mass is 382 g/mol. The van der Waals surface area contributed by atoms with Gasteiger partial charge in [-0.15, -0.1) is 0 Å². The predicted molar refractivity (Wildman–Crippen MR) is 91.1 cm³/mol. The van der Waals surface area contributed by atoms with Crippen molar-refractivity contribution in [2.75, 3.05) is 46.4 Å². The largest absolute Gasteiger partial charge is 1.00 e. The van der Waals surface area contributed by atoms with E-state index in [1.165, 1.54) is 12.8 Å². The van der Waals surface area contributed by atoms with E-state index in [0.717, 1.165) is 51.5 Å². The van der Waals surface area contributed by atoms with Crippen LogP contribution in [0.1, 0.15) is 46.5 Å². The van der Waals surface area contributed by atoms with Crippen LogP contribution in [0.5, 0.6) is 0 Å². The minimum absolute atomic E-state index is 0. The molecule has 1 aliphatic heterocycles. The van der Waals surface area contributed by atoms with Gasteiger partial charge in [-0.2, -0.15) is 0 Å². The van der Waals surface area contributed by atoms with Crippen LogP contribution < -0.4 is 24.8 Å². The Kier molecular flexibility index (Phi) is 11.4. The Labute approximate surface area is 161 Å². The number of β-amino-alcohol motifs (C(OH)–C–C–N with tert-alkyl or cyclic N) is 1. The topological polar surface area (TPSA) is 35.9 Å². The Balaban J connectivity index is 0.00000264. The van der Waals surface area contributed by atoms with E-state index >= 15 is 0 Å². The molecule has 0 amide bonds. The second-order valence-corrected chi connectivity index (χ2v) is 8.43. The highest BCUT2D eigenvalue weighted by molar-refractivity contribution is 4.81. The maximum atomic E-state index is 10.2. The van der Waals surface area contributed by atoms with Crippen LogP contribution in [0, 0.1) is 11.3 Å². The number of ether oxygens (including phenoxy) is 1. The molecule has 146 valence electrons. The zero-order valence-electron chi connectivity index (χ0n) is 15.8. The van der Waals surface area contributed by atoms with Crippen molar-refractivity contribution >= 4 is 0 Å². The molecule has 1 saturated carbocycles. The fourth-order valence-electron chi connectivity index (χ4n) is 3.72. The van der Waals surface area contributed by atoms with E-state index in [4.69, 9.17) is 4.74 Å². The molecule has 1 aliphatic carbocycles. The maximum absolute atomic E-state index is 10.2. The van der Waals surface area contributed by atoms with Crippen LogP contribution in [0.15, 0.2) is 0 Å². The molecule has 6 heteroatoms. The van der Waals surface area contributed by atoms with Gasteiger partial charge in [-0.05, 0) is 44.1 Å². The number of halogens is 2. The molecule has 0 aromatic heterocycles. The third-order valence-electron chi connectivity index (χ3n) is 5.49. The number of nitrogens with zero attached hydrogens (tertiary/aromatic N) is 2. The summed E-state index contributed by atoms with van der Waals surface area (Å²) in [6.07, 6.45) is 4.86. The Morgan fingerprint density at radius 2 is 1.54 bits per heavy atom. The summed E-state index contributed by atoms with van der Waals surface area (Å²) >= 11 is 0. The number of aliphatic hydroxyl groups excluding tert-OH is 1. The lowest BCUT2D eigenvalue weighted by Crippen LogP contribution is -3.00. The van der Waals surface area contributed by atoms with Crippen molar-refractivity contribution in [3.63, 3.8) is 0 Å². The van der Waals surface area contributed by atoms with Gasteiger partial charge in [-0.3, -0.25) is 4.90 Å². The third kappa shape index (κ3) is 8.20. The first-order chi connectivity index (χ1) is 10.3. The van der Waals surface area contributed by atoms with E-state index in [-0.39, 0.29) is 30.9 Å². The molecule has 1 unspecified atom stereocenters. The van der Waals surface area contributed by atoms with Crippen molar-refractivity contribution in [1.29, 1.82) is 0 Å². The number of rotatable bonds is 5. The molecule has 1 heterocycles. The summed E-state index contributed by atoms with van der Waals surface area (Å²) in [6.45, 7) is 12.6. The molecule has 24 heavy (non-hydrogen) atoms. The van der Waals surface area contributed by atoms with E-state index < -0.39 is 0 Å². The zero-order valence-corrected chi connectivity index (χ0v) is 17.3. The fraction of sp³-hybridized carbons (Fsp3) is 1.00. The highest BCUT2D eigenvalue weighted by Crippen LogP contribution is 2.38. The molecule has 2 fully saturated rings. The standard InChI is InChI=1S/C18H36N2O2.2ClH/c1-18(2,3)15-5-7-17(8-6-15)22-14-16(21)13-20-11-9-19(4)10-12-20;;/h15-17,21H,5-14H2,1-4H3;2*1H/p-2. The molecule has 0 spiro atoms. The molecule has 0 bridgehead atoms.